The van der Waals surface area contributed by atoms with Crippen molar-refractivity contribution in [2.24, 2.45) is 0 Å². The van der Waals surface area contributed by atoms with E-state index in [1.807, 2.05) is 30.3 Å². The van der Waals surface area contributed by atoms with Crippen LogP contribution in [-0.2, 0) is 0 Å². The Balaban J connectivity index is 1.72. The highest BCUT2D eigenvalue weighted by molar-refractivity contribution is 9.10. The number of rotatable bonds is 5. The van der Waals surface area contributed by atoms with Crippen LogP contribution >= 0.6 is 15.9 Å². The highest BCUT2D eigenvalue weighted by atomic mass is 79.9. The van der Waals surface area contributed by atoms with Crippen LogP contribution in [-0.4, -0.2) is 17.0 Å². The number of benzene rings is 1. The summed E-state index contributed by atoms with van der Waals surface area (Å²) in [6, 6.07) is 10.1. The van der Waals surface area contributed by atoms with E-state index in [0.717, 1.165) is 15.7 Å². The SMILES string of the molecule is Cc1cc(C(=O)COc2ccc(Br)cc2)c(C)n1C1CCCC1. The number of Topliss-reactive ketones (excluding diaryl/α,β-unsaturated/α-hetero) is 1. The Hall–Kier alpha value is -1.55. The minimum absolute atomic E-state index is 0.0465. The molecule has 1 aromatic carbocycles. The Bertz CT molecular complexity index is 697. The fraction of sp³-hybridized carbons (Fsp3) is 0.421. The third-order valence-electron chi connectivity index (χ3n) is 4.66. The van der Waals surface area contributed by atoms with Gasteiger partial charge in [-0.25, -0.2) is 0 Å². The van der Waals surface area contributed by atoms with Crippen LogP contribution in [0.4, 0.5) is 0 Å². The number of aryl methyl sites for hydroxylation is 1. The van der Waals surface area contributed by atoms with Crippen LogP contribution < -0.4 is 4.74 Å². The molecule has 0 atom stereocenters. The average molecular weight is 376 g/mol. The number of hydrogen-bond donors (Lipinski definition) is 0. The molecule has 0 N–H and O–H groups in total. The fourth-order valence-electron chi connectivity index (χ4n) is 3.54. The van der Waals surface area contributed by atoms with Crippen LogP contribution in [0.1, 0.15) is 53.5 Å². The predicted octanol–water partition coefficient (Wildman–Crippen LogP) is 5.24. The lowest BCUT2D eigenvalue weighted by Crippen LogP contribution is -2.14. The average Bonchev–Trinajstić information content (AvgIpc) is 3.14. The second-order valence-corrected chi connectivity index (χ2v) is 7.17. The Labute approximate surface area is 145 Å². The molecular weight excluding hydrogens is 354 g/mol. The van der Waals surface area contributed by atoms with Crippen molar-refractivity contribution in [3.8, 4) is 5.75 Å². The highest BCUT2D eigenvalue weighted by Crippen LogP contribution is 2.33. The first kappa shape index (κ1) is 16.3. The van der Waals surface area contributed by atoms with E-state index in [-0.39, 0.29) is 12.4 Å². The van der Waals surface area contributed by atoms with Gasteiger partial charge in [0.25, 0.3) is 0 Å². The van der Waals surface area contributed by atoms with Gasteiger partial charge < -0.3 is 9.30 Å². The van der Waals surface area contributed by atoms with E-state index in [4.69, 9.17) is 4.74 Å². The fourth-order valence-corrected chi connectivity index (χ4v) is 3.81. The second kappa shape index (κ2) is 6.91. The summed E-state index contributed by atoms with van der Waals surface area (Å²) in [7, 11) is 0. The molecule has 3 nitrogen and oxygen atoms in total. The summed E-state index contributed by atoms with van der Waals surface area (Å²) < 4.78 is 8.97. The van der Waals surface area contributed by atoms with Crippen molar-refractivity contribution in [1.82, 2.24) is 4.57 Å². The van der Waals surface area contributed by atoms with E-state index in [2.05, 4.69) is 34.3 Å². The van der Waals surface area contributed by atoms with Gasteiger partial charge in [0.15, 0.2) is 6.61 Å². The summed E-state index contributed by atoms with van der Waals surface area (Å²) in [5.74, 6) is 0.761. The van der Waals surface area contributed by atoms with Crippen LogP contribution in [0.5, 0.6) is 5.75 Å². The van der Waals surface area contributed by atoms with Crippen LogP contribution in [0.15, 0.2) is 34.8 Å². The number of halogens is 1. The molecule has 1 aliphatic carbocycles. The Morgan fingerprint density at radius 2 is 1.87 bits per heavy atom. The van der Waals surface area contributed by atoms with E-state index in [1.54, 1.807) is 0 Å². The Morgan fingerprint density at radius 3 is 2.52 bits per heavy atom. The quantitative estimate of drug-likeness (QED) is 0.668. The monoisotopic (exact) mass is 375 g/mol. The lowest BCUT2D eigenvalue weighted by Gasteiger charge is -2.17. The summed E-state index contributed by atoms with van der Waals surface area (Å²) in [6.45, 7) is 4.23. The van der Waals surface area contributed by atoms with Gasteiger partial charge in [0.05, 0.1) is 0 Å². The first-order valence-electron chi connectivity index (χ1n) is 8.16. The topological polar surface area (TPSA) is 31.2 Å². The smallest absolute Gasteiger partial charge is 0.202 e. The number of nitrogens with zero attached hydrogens (tertiary/aromatic N) is 1. The molecule has 23 heavy (non-hydrogen) atoms. The molecule has 0 amide bonds. The van der Waals surface area contributed by atoms with Gasteiger partial charge in [-0.2, -0.15) is 0 Å². The predicted molar refractivity (Wildman–Crippen MR) is 95.4 cm³/mol. The zero-order valence-corrected chi connectivity index (χ0v) is 15.2. The maximum Gasteiger partial charge on any atom is 0.202 e. The molecule has 1 aromatic heterocycles. The van der Waals surface area contributed by atoms with Gasteiger partial charge in [-0.15, -0.1) is 0 Å². The molecule has 0 aliphatic heterocycles. The summed E-state index contributed by atoms with van der Waals surface area (Å²) in [5.41, 5.74) is 3.06. The van der Waals surface area contributed by atoms with Crippen LogP contribution in [0.25, 0.3) is 0 Å². The molecule has 1 saturated carbocycles. The molecule has 1 heterocycles. The van der Waals surface area contributed by atoms with Gasteiger partial charge in [-0.05, 0) is 57.0 Å². The van der Waals surface area contributed by atoms with Crippen molar-refractivity contribution < 1.29 is 9.53 Å². The Kier molecular flexibility index (Phi) is 4.90. The van der Waals surface area contributed by atoms with E-state index < -0.39 is 0 Å². The molecular formula is C19H22BrNO2. The maximum absolute atomic E-state index is 12.5. The minimum Gasteiger partial charge on any atom is -0.485 e. The summed E-state index contributed by atoms with van der Waals surface area (Å²) >= 11 is 3.39. The minimum atomic E-state index is 0.0465. The van der Waals surface area contributed by atoms with Crippen LogP contribution in [0.2, 0.25) is 0 Å². The van der Waals surface area contributed by atoms with Gasteiger partial charge in [-0.3, -0.25) is 4.79 Å². The van der Waals surface area contributed by atoms with Gasteiger partial charge in [0.1, 0.15) is 5.75 Å². The number of aromatic nitrogens is 1. The van der Waals surface area contributed by atoms with Gasteiger partial charge in [0, 0.05) is 27.5 Å². The highest BCUT2D eigenvalue weighted by Gasteiger charge is 2.23. The van der Waals surface area contributed by atoms with Crippen molar-refractivity contribution in [2.45, 2.75) is 45.6 Å². The number of ketones is 1. The van der Waals surface area contributed by atoms with Crippen molar-refractivity contribution in [2.75, 3.05) is 6.61 Å². The summed E-state index contributed by atoms with van der Waals surface area (Å²) in [6.07, 6.45) is 5.02. The molecule has 4 heteroatoms. The number of carbonyl (C=O) groups is 1. The molecule has 0 bridgehead atoms. The van der Waals surface area contributed by atoms with Crippen molar-refractivity contribution in [3.63, 3.8) is 0 Å². The van der Waals surface area contributed by atoms with E-state index >= 15 is 0 Å². The first-order valence-corrected chi connectivity index (χ1v) is 8.95. The standard InChI is InChI=1S/C19H22BrNO2/c1-13-11-18(14(2)21(13)16-5-3-4-6-16)19(22)12-23-17-9-7-15(20)8-10-17/h7-11,16H,3-6,12H2,1-2H3. The summed E-state index contributed by atoms with van der Waals surface area (Å²) in [5, 5.41) is 0. The van der Waals surface area contributed by atoms with E-state index in [0.29, 0.717) is 11.8 Å². The molecule has 2 aromatic rings. The van der Waals surface area contributed by atoms with Crippen molar-refractivity contribution in [3.05, 3.63) is 51.8 Å². The molecule has 0 spiro atoms. The van der Waals surface area contributed by atoms with E-state index in [1.165, 1.54) is 31.4 Å². The number of ether oxygens (including phenoxy) is 1. The second-order valence-electron chi connectivity index (χ2n) is 6.26. The zero-order valence-electron chi connectivity index (χ0n) is 13.6. The van der Waals surface area contributed by atoms with Gasteiger partial charge in [0.2, 0.25) is 5.78 Å². The lowest BCUT2D eigenvalue weighted by molar-refractivity contribution is 0.0920. The first-order chi connectivity index (χ1) is 11.1. The zero-order chi connectivity index (χ0) is 16.4. The van der Waals surface area contributed by atoms with Crippen molar-refractivity contribution in [1.29, 1.82) is 0 Å². The van der Waals surface area contributed by atoms with E-state index in [9.17, 15) is 4.79 Å². The van der Waals surface area contributed by atoms with Gasteiger partial charge >= 0.3 is 0 Å². The molecule has 1 aliphatic rings. The summed E-state index contributed by atoms with van der Waals surface area (Å²) in [4.78, 5) is 12.5. The Morgan fingerprint density at radius 1 is 1.22 bits per heavy atom. The third-order valence-corrected chi connectivity index (χ3v) is 5.19. The molecule has 3 rings (SSSR count). The molecule has 0 unspecified atom stereocenters. The number of carbonyl (C=O) groups excluding carboxylic acids is 1. The molecule has 122 valence electrons. The van der Waals surface area contributed by atoms with Crippen LogP contribution in [0.3, 0.4) is 0 Å². The normalized spacial score (nSPS) is 15.1. The number of hydrogen-bond acceptors (Lipinski definition) is 2. The molecule has 0 saturated heterocycles. The van der Waals surface area contributed by atoms with Crippen LogP contribution in [0, 0.1) is 13.8 Å². The third kappa shape index (κ3) is 3.52. The van der Waals surface area contributed by atoms with Gasteiger partial charge in [-0.1, -0.05) is 28.8 Å². The largest absolute Gasteiger partial charge is 0.485 e. The lowest BCUT2D eigenvalue weighted by atomic mass is 10.1. The van der Waals surface area contributed by atoms with Crippen molar-refractivity contribution >= 4 is 21.7 Å². The maximum atomic E-state index is 12.5. The molecule has 1 fully saturated rings. The molecule has 0 radical (unpaired) electrons.